The number of anilines is 1. The lowest BCUT2D eigenvalue weighted by atomic mass is 10.0. The fourth-order valence-electron chi connectivity index (χ4n) is 3.00. The monoisotopic (exact) mass is 317 g/mol. The molecular formula is C19H15N3O2. The lowest BCUT2D eigenvalue weighted by Gasteiger charge is -2.08. The van der Waals surface area contributed by atoms with Gasteiger partial charge in [-0.3, -0.25) is 9.59 Å². The predicted octanol–water partition coefficient (Wildman–Crippen LogP) is 3.63. The topological polar surface area (TPSA) is 77.8 Å². The molecule has 0 spiro atoms. The minimum Gasteiger partial charge on any atom is -0.357 e. The van der Waals surface area contributed by atoms with E-state index in [1.807, 2.05) is 48.5 Å². The van der Waals surface area contributed by atoms with E-state index in [-0.39, 0.29) is 11.5 Å². The zero-order valence-corrected chi connectivity index (χ0v) is 13.0. The second-order valence-corrected chi connectivity index (χ2v) is 5.74. The number of nitrogens with one attached hydrogen (secondary N) is 3. The molecule has 2 aromatic carbocycles. The first-order chi connectivity index (χ1) is 11.6. The summed E-state index contributed by atoms with van der Waals surface area (Å²) in [5.41, 5.74) is 4.03. The first-order valence-corrected chi connectivity index (χ1v) is 7.63. The molecule has 0 fully saturated rings. The first kappa shape index (κ1) is 14.3. The number of benzene rings is 2. The lowest BCUT2D eigenvalue weighted by molar-refractivity contribution is -0.114. The highest BCUT2D eigenvalue weighted by molar-refractivity contribution is 6.05. The van der Waals surface area contributed by atoms with Gasteiger partial charge in [0.1, 0.15) is 5.52 Å². The maximum absolute atomic E-state index is 12.0. The van der Waals surface area contributed by atoms with Crippen LogP contribution in [0.4, 0.5) is 5.69 Å². The van der Waals surface area contributed by atoms with Crippen LogP contribution in [0.3, 0.4) is 0 Å². The summed E-state index contributed by atoms with van der Waals surface area (Å²) in [6, 6.07) is 15.5. The number of hydrogen-bond acceptors (Lipinski definition) is 2. The van der Waals surface area contributed by atoms with E-state index in [1.165, 1.54) is 6.92 Å². The Labute approximate surface area is 137 Å². The minimum absolute atomic E-state index is 0.0998. The summed E-state index contributed by atoms with van der Waals surface area (Å²) < 4.78 is 0. The zero-order valence-electron chi connectivity index (χ0n) is 13.0. The van der Waals surface area contributed by atoms with Crippen LogP contribution in [0.2, 0.25) is 0 Å². The van der Waals surface area contributed by atoms with Gasteiger partial charge in [0.15, 0.2) is 0 Å². The van der Waals surface area contributed by atoms with Gasteiger partial charge in [-0.05, 0) is 41.5 Å². The van der Waals surface area contributed by atoms with Crippen molar-refractivity contribution < 1.29 is 4.79 Å². The number of carbonyl (C=O) groups is 1. The summed E-state index contributed by atoms with van der Waals surface area (Å²) in [7, 11) is 0. The number of fused-ring (bicyclic) bond motifs is 3. The molecule has 24 heavy (non-hydrogen) atoms. The smallest absolute Gasteiger partial charge is 0.272 e. The Bertz CT molecular complexity index is 1140. The van der Waals surface area contributed by atoms with Gasteiger partial charge in [0.05, 0.1) is 0 Å². The van der Waals surface area contributed by atoms with Crippen molar-refractivity contribution in [2.24, 2.45) is 0 Å². The first-order valence-electron chi connectivity index (χ1n) is 7.63. The molecule has 0 radical (unpaired) electrons. The Morgan fingerprint density at radius 2 is 1.83 bits per heavy atom. The number of pyridine rings is 1. The van der Waals surface area contributed by atoms with Crippen LogP contribution in [0.25, 0.3) is 32.9 Å². The second kappa shape index (κ2) is 5.38. The fraction of sp³-hybridized carbons (Fsp3) is 0.0526. The molecule has 0 saturated heterocycles. The molecule has 4 rings (SSSR count). The van der Waals surface area contributed by atoms with Crippen molar-refractivity contribution in [2.45, 2.75) is 6.92 Å². The van der Waals surface area contributed by atoms with Crippen LogP contribution in [-0.2, 0) is 4.79 Å². The van der Waals surface area contributed by atoms with Crippen LogP contribution in [0.5, 0.6) is 0 Å². The number of aromatic nitrogens is 2. The summed E-state index contributed by atoms with van der Waals surface area (Å²) in [4.78, 5) is 29.1. The van der Waals surface area contributed by atoms with Crippen molar-refractivity contribution in [1.82, 2.24) is 9.97 Å². The third kappa shape index (κ3) is 2.36. The van der Waals surface area contributed by atoms with Gasteiger partial charge in [-0.1, -0.05) is 18.2 Å². The highest BCUT2D eigenvalue weighted by atomic mass is 16.1. The lowest BCUT2D eigenvalue weighted by Crippen LogP contribution is -2.06. The van der Waals surface area contributed by atoms with Crippen LogP contribution in [0.15, 0.2) is 59.5 Å². The second-order valence-electron chi connectivity index (χ2n) is 5.74. The van der Waals surface area contributed by atoms with Gasteiger partial charge in [-0.2, -0.15) is 0 Å². The number of carbonyl (C=O) groups excluding carboxylic acids is 1. The molecule has 1 amide bonds. The SMILES string of the molecule is CC(=O)Nc1cccc(-c2ccc3[nH]c(=O)c4[nH]ccc4c3c2)c1. The normalized spacial score (nSPS) is 11.0. The molecule has 0 aliphatic rings. The van der Waals surface area contributed by atoms with E-state index in [4.69, 9.17) is 0 Å². The Morgan fingerprint density at radius 1 is 1.00 bits per heavy atom. The molecule has 118 valence electrons. The number of H-pyrrole nitrogens is 2. The molecule has 0 aliphatic heterocycles. The van der Waals surface area contributed by atoms with Gasteiger partial charge in [-0.15, -0.1) is 0 Å². The van der Waals surface area contributed by atoms with Crippen LogP contribution in [0.1, 0.15) is 6.92 Å². The van der Waals surface area contributed by atoms with E-state index in [0.29, 0.717) is 5.52 Å². The van der Waals surface area contributed by atoms with Gasteiger partial charge >= 0.3 is 0 Å². The quantitative estimate of drug-likeness (QED) is 0.528. The van der Waals surface area contributed by atoms with Crippen LogP contribution >= 0.6 is 0 Å². The molecule has 0 atom stereocenters. The van der Waals surface area contributed by atoms with Crippen LogP contribution < -0.4 is 10.9 Å². The van der Waals surface area contributed by atoms with Crippen LogP contribution in [-0.4, -0.2) is 15.9 Å². The number of aromatic amines is 2. The molecule has 2 heterocycles. The standard InChI is InChI=1S/C19H15N3O2/c1-11(23)21-14-4-2-3-12(9-14)13-5-6-17-16(10-13)15-7-8-20-18(15)19(24)22-17/h2-10,20H,1H3,(H,21,23)(H,22,24). The van der Waals surface area contributed by atoms with Gasteiger partial charge in [0, 0.05) is 35.1 Å². The van der Waals surface area contributed by atoms with E-state index in [1.54, 1.807) is 6.20 Å². The van der Waals surface area contributed by atoms with Gasteiger partial charge in [-0.25, -0.2) is 0 Å². The minimum atomic E-state index is -0.122. The van der Waals surface area contributed by atoms with Crippen molar-refractivity contribution in [3.05, 3.63) is 65.1 Å². The van der Waals surface area contributed by atoms with E-state index in [9.17, 15) is 9.59 Å². The molecule has 5 nitrogen and oxygen atoms in total. The Kier molecular flexibility index (Phi) is 3.20. The van der Waals surface area contributed by atoms with Crippen LogP contribution in [0, 0.1) is 0 Å². The largest absolute Gasteiger partial charge is 0.357 e. The van der Waals surface area contributed by atoms with Crippen molar-refractivity contribution in [3.8, 4) is 11.1 Å². The maximum atomic E-state index is 12.0. The van der Waals surface area contributed by atoms with E-state index < -0.39 is 0 Å². The molecule has 4 aromatic rings. The Morgan fingerprint density at radius 3 is 2.67 bits per heavy atom. The number of amides is 1. The highest BCUT2D eigenvalue weighted by Crippen LogP contribution is 2.28. The molecule has 5 heteroatoms. The predicted molar refractivity (Wildman–Crippen MR) is 96.2 cm³/mol. The fourth-order valence-corrected chi connectivity index (χ4v) is 3.00. The summed E-state index contributed by atoms with van der Waals surface area (Å²) in [6.07, 6.45) is 1.77. The number of rotatable bonds is 2. The summed E-state index contributed by atoms with van der Waals surface area (Å²) in [5.74, 6) is -0.0998. The highest BCUT2D eigenvalue weighted by Gasteiger charge is 2.08. The Balaban J connectivity index is 1.90. The summed E-state index contributed by atoms with van der Waals surface area (Å²) >= 11 is 0. The van der Waals surface area contributed by atoms with Crippen molar-refractivity contribution in [2.75, 3.05) is 5.32 Å². The van der Waals surface area contributed by atoms with Gasteiger partial charge in [0.2, 0.25) is 5.91 Å². The number of hydrogen-bond donors (Lipinski definition) is 3. The van der Waals surface area contributed by atoms with E-state index >= 15 is 0 Å². The van der Waals surface area contributed by atoms with Gasteiger partial charge in [0.25, 0.3) is 5.56 Å². The van der Waals surface area contributed by atoms with Crippen molar-refractivity contribution in [1.29, 1.82) is 0 Å². The average molecular weight is 317 g/mol. The van der Waals surface area contributed by atoms with Gasteiger partial charge < -0.3 is 15.3 Å². The molecule has 2 aromatic heterocycles. The summed E-state index contributed by atoms with van der Waals surface area (Å²) in [5, 5.41) is 4.67. The molecule has 0 unspecified atom stereocenters. The Hall–Kier alpha value is -3.34. The average Bonchev–Trinajstić information content (AvgIpc) is 3.05. The maximum Gasteiger partial charge on any atom is 0.272 e. The van der Waals surface area contributed by atoms with Crippen molar-refractivity contribution >= 4 is 33.4 Å². The summed E-state index contributed by atoms with van der Waals surface area (Å²) in [6.45, 7) is 1.49. The van der Waals surface area contributed by atoms with E-state index in [0.717, 1.165) is 33.1 Å². The van der Waals surface area contributed by atoms with Crippen molar-refractivity contribution in [3.63, 3.8) is 0 Å². The third-order valence-corrected chi connectivity index (χ3v) is 4.05. The zero-order chi connectivity index (χ0) is 16.7. The molecule has 0 bridgehead atoms. The molecule has 0 saturated carbocycles. The van der Waals surface area contributed by atoms with E-state index in [2.05, 4.69) is 15.3 Å². The third-order valence-electron chi connectivity index (χ3n) is 4.05. The molecule has 0 aliphatic carbocycles. The molecule has 3 N–H and O–H groups in total. The molecular weight excluding hydrogens is 302 g/mol.